The van der Waals surface area contributed by atoms with Gasteiger partial charge in [-0.25, -0.2) is 21.9 Å². The van der Waals surface area contributed by atoms with E-state index in [2.05, 4.69) is 20.2 Å². The van der Waals surface area contributed by atoms with Gasteiger partial charge < -0.3 is 9.84 Å². The van der Waals surface area contributed by atoms with Crippen molar-refractivity contribution in [1.82, 2.24) is 14.9 Å². The van der Waals surface area contributed by atoms with Crippen LogP contribution >= 0.6 is 0 Å². The standard InChI is InChI=1S/C15H24F2N4O3S/c1-2-25(22,23)18-9-10-3-5-12(6-4-10)19-14-20-13(21-24-14)11-7-15(16,17)8-11/h10-12,18H,2-9H2,1H3,(H,19,20,21)/t10-,12-. The van der Waals surface area contributed by atoms with Gasteiger partial charge in [0.15, 0.2) is 5.82 Å². The van der Waals surface area contributed by atoms with Gasteiger partial charge in [-0.15, -0.1) is 0 Å². The fourth-order valence-electron chi connectivity index (χ4n) is 3.34. The highest BCUT2D eigenvalue weighted by atomic mass is 32.2. The largest absolute Gasteiger partial charge is 0.335 e. The SMILES string of the molecule is CCS(=O)(=O)NC[C@H]1CC[C@H](Nc2nc(C3CC(F)(F)C3)no2)CC1. The van der Waals surface area contributed by atoms with Crippen LogP contribution in [-0.2, 0) is 10.0 Å². The number of hydrogen-bond donors (Lipinski definition) is 2. The Kier molecular flexibility index (Phi) is 5.29. The van der Waals surface area contributed by atoms with E-state index in [9.17, 15) is 17.2 Å². The molecule has 0 atom stereocenters. The molecule has 2 fully saturated rings. The molecule has 1 aromatic rings. The number of halogens is 2. The number of alkyl halides is 2. The van der Waals surface area contributed by atoms with Crippen molar-refractivity contribution in [2.45, 2.75) is 63.3 Å². The number of sulfonamides is 1. The third-order valence-electron chi connectivity index (χ3n) is 5.04. The van der Waals surface area contributed by atoms with E-state index in [4.69, 9.17) is 4.52 Å². The summed E-state index contributed by atoms with van der Waals surface area (Å²) in [6.45, 7) is 2.09. The van der Waals surface area contributed by atoms with Crippen LogP contribution < -0.4 is 10.0 Å². The van der Waals surface area contributed by atoms with Crippen molar-refractivity contribution in [1.29, 1.82) is 0 Å². The van der Waals surface area contributed by atoms with Crippen molar-refractivity contribution in [3.63, 3.8) is 0 Å². The summed E-state index contributed by atoms with van der Waals surface area (Å²) in [5, 5.41) is 6.95. The van der Waals surface area contributed by atoms with Crippen LogP contribution in [0.15, 0.2) is 4.52 Å². The van der Waals surface area contributed by atoms with E-state index in [1.165, 1.54) is 0 Å². The second-order valence-corrected chi connectivity index (χ2v) is 9.13. The summed E-state index contributed by atoms with van der Waals surface area (Å²) < 4.78 is 56.5. The lowest BCUT2D eigenvalue weighted by atomic mass is 9.81. The van der Waals surface area contributed by atoms with Gasteiger partial charge in [0, 0.05) is 31.3 Å². The first-order chi connectivity index (χ1) is 11.8. The Morgan fingerprint density at radius 3 is 2.52 bits per heavy atom. The molecule has 7 nitrogen and oxygen atoms in total. The molecule has 25 heavy (non-hydrogen) atoms. The summed E-state index contributed by atoms with van der Waals surface area (Å²) in [6, 6.07) is 0.454. The van der Waals surface area contributed by atoms with E-state index < -0.39 is 15.9 Å². The fraction of sp³-hybridized carbons (Fsp3) is 0.867. The van der Waals surface area contributed by atoms with E-state index in [1.807, 2.05) is 0 Å². The number of nitrogens with zero attached hydrogens (tertiary/aromatic N) is 2. The first kappa shape index (κ1) is 18.5. The third kappa shape index (κ3) is 4.87. The number of anilines is 1. The Morgan fingerprint density at radius 2 is 1.92 bits per heavy atom. The van der Waals surface area contributed by atoms with Crippen LogP contribution in [0.3, 0.4) is 0 Å². The van der Waals surface area contributed by atoms with E-state index >= 15 is 0 Å². The smallest absolute Gasteiger partial charge is 0.321 e. The highest BCUT2D eigenvalue weighted by Gasteiger charge is 2.48. The van der Waals surface area contributed by atoms with Gasteiger partial charge in [0.2, 0.25) is 15.9 Å². The molecule has 2 N–H and O–H groups in total. The summed E-state index contributed by atoms with van der Waals surface area (Å²) in [5.41, 5.74) is 0. The zero-order valence-corrected chi connectivity index (χ0v) is 15.0. The summed E-state index contributed by atoms with van der Waals surface area (Å²) in [6.07, 6.45) is 3.12. The number of hydrogen-bond acceptors (Lipinski definition) is 6. The minimum atomic E-state index is -3.14. The highest BCUT2D eigenvalue weighted by Crippen LogP contribution is 2.47. The Bertz CT molecular complexity index is 679. The predicted octanol–water partition coefficient (Wildman–Crippen LogP) is 2.49. The lowest BCUT2D eigenvalue weighted by Crippen LogP contribution is -2.35. The first-order valence-corrected chi connectivity index (χ1v) is 10.4. The Hall–Kier alpha value is -1.29. The van der Waals surface area contributed by atoms with Gasteiger partial charge in [-0.3, -0.25) is 0 Å². The molecule has 0 unspecified atom stereocenters. The van der Waals surface area contributed by atoms with E-state index in [-0.39, 0.29) is 36.6 Å². The molecule has 142 valence electrons. The molecule has 1 aromatic heterocycles. The molecule has 0 radical (unpaired) electrons. The fourth-order valence-corrected chi connectivity index (χ4v) is 4.03. The van der Waals surface area contributed by atoms with Gasteiger partial charge in [0.25, 0.3) is 0 Å². The number of rotatable bonds is 7. The van der Waals surface area contributed by atoms with E-state index in [0.717, 1.165) is 25.7 Å². The quantitative estimate of drug-likeness (QED) is 0.757. The van der Waals surface area contributed by atoms with Crippen LogP contribution in [0.25, 0.3) is 0 Å². The van der Waals surface area contributed by atoms with Crippen LogP contribution in [0.1, 0.15) is 57.2 Å². The molecular formula is C15H24F2N4O3S. The number of aromatic nitrogens is 2. The maximum atomic E-state index is 12.9. The van der Waals surface area contributed by atoms with Crippen molar-refractivity contribution in [3.8, 4) is 0 Å². The van der Waals surface area contributed by atoms with Crippen molar-refractivity contribution < 1.29 is 21.7 Å². The average molecular weight is 378 g/mol. The van der Waals surface area contributed by atoms with E-state index in [0.29, 0.717) is 18.3 Å². The third-order valence-corrected chi connectivity index (χ3v) is 6.41. The number of nitrogens with one attached hydrogen (secondary N) is 2. The summed E-state index contributed by atoms with van der Waals surface area (Å²) >= 11 is 0. The lowest BCUT2D eigenvalue weighted by Gasteiger charge is -2.32. The van der Waals surface area contributed by atoms with Crippen LogP contribution in [0.2, 0.25) is 0 Å². The second kappa shape index (κ2) is 7.14. The second-order valence-electron chi connectivity index (χ2n) is 7.03. The lowest BCUT2D eigenvalue weighted by molar-refractivity contribution is -0.0888. The van der Waals surface area contributed by atoms with Crippen molar-refractivity contribution in [3.05, 3.63) is 5.82 Å². The van der Waals surface area contributed by atoms with Crippen LogP contribution in [0.5, 0.6) is 0 Å². The monoisotopic (exact) mass is 378 g/mol. The van der Waals surface area contributed by atoms with Crippen LogP contribution in [0, 0.1) is 5.92 Å². The summed E-state index contributed by atoms with van der Waals surface area (Å²) in [4.78, 5) is 4.18. The zero-order chi connectivity index (χ0) is 18.1. The topological polar surface area (TPSA) is 97.1 Å². The molecule has 1 heterocycles. The molecule has 2 aliphatic rings. The summed E-state index contributed by atoms with van der Waals surface area (Å²) in [7, 11) is -3.14. The van der Waals surface area contributed by atoms with Crippen molar-refractivity contribution in [2.24, 2.45) is 5.92 Å². The molecule has 0 saturated heterocycles. The zero-order valence-electron chi connectivity index (χ0n) is 14.2. The van der Waals surface area contributed by atoms with Crippen molar-refractivity contribution in [2.75, 3.05) is 17.6 Å². The molecular weight excluding hydrogens is 354 g/mol. The molecule has 10 heteroatoms. The normalized spacial score (nSPS) is 27.0. The molecule has 0 aliphatic heterocycles. The van der Waals surface area contributed by atoms with Crippen LogP contribution in [0.4, 0.5) is 14.8 Å². The van der Waals surface area contributed by atoms with Gasteiger partial charge in [-0.05, 0) is 38.5 Å². The molecule has 2 saturated carbocycles. The highest BCUT2D eigenvalue weighted by molar-refractivity contribution is 7.89. The predicted molar refractivity (Wildman–Crippen MR) is 88.1 cm³/mol. The van der Waals surface area contributed by atoms with E-state index in [1.54, 1.807) is 6.92 Å². The van der Waals surface area contributed by atoms with Gasteiger partial charge in [-0.1, -0.05) is 5.16 Å². The molecule has 0 amide bonds. The molecule has 3 rings (SSSR count). The van der Waals surface area contributed by atoms with Gasteiger partial charge in [0.1, 0.15) is 0 Å². The summed E-state index contributed by atoms with van der Waals surface area (Å²) in [5.74, 6) is -2.16. The molecule has 0 aromatic carbocycles. The van der Waals surface area contributed by atoms with Gasteiger partial charge in [-0.2, -0.15) is 4.98 Å². The first-order valence-electron chi connectivity index (χ1n) is 8.71. The van der Waals surface area contributed by atoms with Crippen molar-refractivity contribution >= 4 is 16.0 Å². The molecule has 0 bridgehead atoms. The van der Waals surface area contributed by atoms with Gasteiger partial charge in [0.05, 0.1) is 5.75 Å². The Balaban J connectivity index is 1.41. The maximum Gasteiger partial charge on any atom is 0.321 e. The Morgan fingerprint density at radius 1 is 1.24 bits per heavy atom. The molecule has 0 spiro atoms. The molecule has 2 aliphatic carbocycles. The van der Waals surface area contributed by atoms with Crippen LogP contribution in [-0.4, -0.2) is 42.8 Å². The van der Waals surface area contributed by atoms with Gasteiger partial charge >= 0.3 is 6.01 Å². The minimum Gasteiger partial charge on any atom is -0.335 e. The maximum absolute atomic E-state index is 12.9. The average Bonchev–Trinajstić information content (AvgIpc) is 3.00. The Labute approximate surface area is 146 Å². The minimum absolute atomic E-state index is 0.0936.